The predicted octanol–water partition coefficient (Wildman–Crippen LogP) is 6.05. The molecule has 4 aromatic rings. The summed E-state index contributed by atoms with van der Waals surface area (Å²) in [6.07, 6.45) is 0.831. The van der Waals surface area contributed by atoms with Crippen LogP contribution in [-0.4, -0.2) is 26.7 Å². The lowest BCUT2D eigenvalue weighted by atomic mass is 9.95. The van der Waals surface area contributed by atoms with Crippen molar-refractivity contribution in [1.82, 2.24) is 4.98 Å². The number of Topliss-reactive ketones (excluding diaryl/α,β-unsaturated/α-hetero) is 1. The van der Waals surface area contributed by atoms with Crippen LogP contribution < -0.4 is 4.90 Å². The second kappa shape index (κ2) is 9.18. The molecule has 0 spiro atoms. The van der Waals surface area contributed by atoms with Crippen LogP contribution >= 0.6 is 22.9 Å². The summed E-state index contributed by atoms with van der Waals surface area (Å²) in [7, 11) is 0. The number of non-ortho nitro benzene ring substituents is 1. The Bertz CT molecular complexity index is 1560. The number of ketones is 1. The van der Waals surface area contributed by atoms with Crippen LogP contribution in [0.25, 0.3) is 16.0 Å². The van der Waals surface area contributed by atoms with Crippen LogP contribution in [-0.2, 0) is 16.0 Å². The Labute approximate surface area is 214 Å². The molecule has 1 atom stereocenters. The summed E-state index contributed by atoms with van der Waals surface area (Å²) in [4.78, 5) is 43.1. The summed E-state index contributed by atoms with van der Waals surface area (Å²) in [5, 5.41) is 23.1. The number of amides is 1. The van der Waals surface area contributed by atoms with E-state index in [2.05, 4.69) is 4.98 Å². The molecule has 1 aliphatic heterocycles. The molecule has 0 unspecified atom stereocenters. The number of fused-ring (bicyclic) bond motifs is 1. The molecule has 1 aromatic heterocycles. The number of aliphatic hydroxyl groups excluding tert-OH is 1. The number of benzene rings is 3. The highest BCUT2D eigenvalue weighted by molar-refractivity contribution is 7.22. The molecule has 8 nitrogen and oxygen atoms in total. The van der Waals surface area contributed by atoms with Gasteiger partial charge in [-0.15, -0.1) is 0 Å². The van der Waals surface area contributed by atoms with Crippen molar-refractivity contribution >= 4 is 61.4 Å². The van der Waals surface area contributed by atoms with Crippen LogP contribution in [0.5, 0.6) is 0 Å². The first kappa shape index (κ1) is 23.7. The summed E-state index contributed by atoms with van der Waals surface area (Å²) in [5.41, 5.74) is 2.24. The van der Waals surface area contributed by atoms with E-state index >= 15 is 0 Å². The Hall–Kier alpha value is -4.08. The van der Waals surface area contributed by atoms with Crippen molar-refractivity contribution in [2.45, 2.75) is 19.4 Å². The third-order valence-corrected chi connectivity index (χ3v) is 7.31. The molecule has 2 heterocycles. The van der Waals surface area contributed by atoms with E-state index in [4.69, 9.17) is 11.6 Å². The molecule has 1 N–H and O–H groups in total. The molecule has 0 radical (unpaired) electrons. The third kappa shape index (κ3) is 4.02. The zero-order chi connectivity index (χ0) is 25.6. The van der Waals surface area contributed by atoms with Crippen LogP contribution in [0.1, 0.15) is 29.7 Å². The highest BCUT2D eigenvalue weighted by Gasteiger charge is 2.48. The minimum Gasteiger partial charge on any atom is -0.507 e. The Morgan fingerprint density at radius 1 is 1.11 bits per heavy atom. The maximum absolute atomic E-state index is 13.3. The molecule has 0 bridgehead atoms. The number of anilines is 1. The summed E-state index contributed by atoms with van der Waals surface area (Å²) in [5.74, 6) is -2.09. The number of aromatic nitrogens is 1. The Balaban J connectivity index is 1.71. The van der Waals surface area contributed by atoms with Gasteiger partial charge in [-0.2, -0.15) is 0 Å². The fourth-order valence-electron chi connectivity index (χ4n) is 4.17. The van der Waals surface area contributed by atoms with Gasteiger partial charge in [0.05, 0.1) is 26.8 Å². The van der Waals surface area contributed by atoms with E-state index in [1.807, 2.05) is 25.1 Å². The molecule has 1 saturated heterocycles. The lowest BCUT2D eigenvalue weighted by Crippen LogP contribution is -2.29. The van der Waals surface area contributed by atoms with Crippen molar-refractivity contribution in [3.63, 3.8) is 0 Å². The molecule has 3 aromatic carbocycles. The maximum Gasteiger partial charge on any atom is 0.301 e. The van der Waals surface area contributed by atoms with Gasteiger partial charge in [0.1, 0.15) is 5.76 Å². The van der Waals surface area contributed by atoms with Gasteiger partial charge < -0.3 is 5.11 Å². The Kier molecular flexibility index (Phi) is 6.03. The first-order valence-electron chi connectivity index (χ1n) is 11.0. The third-order valence-electron chi connectivity index (χ3n) is 6.04. The zero-order valence-electron chi connectivity index (χ0n) is 18.8. The number of aliphatic hydroxyl groups is 1. The number of aryl methyl sites for hydroxylation is 1. The number of carbonyl (C=O) groups is 2. The topological polar surface area (TPSA) is 114 Å². The fourth-order valence-corrected chi connectivity index (χ4v) is 5.35. The number of nitro benzene ring substituents is 1. The van der Waals surface area contributed by atoms with E-state index < -0.39 is 22.7 Å². The summed E-state index contributed by atoms with van der Waals surface area (Å²) < 4.78 is 0.853. The van der Waals surface area contributed by atoms with Crippen LogP contribution in [0.3, 0.4) is 0 Å². The Morgan fingerprint density at radius 2 is 1.81 bits per heavy atom. The van der Waals surface area contributed by atoms with Crippen molar-refractivity contribution in [2.75, 3.05) is 4.90 Å². The quantitative estimate of drug-likeness (QED) is 0.113. The standard InChI is InChI=1S/C26H18ClN3O5S/c1-2-14-3-12-19-20(13-14)36-26(28-19)29-22(15-6-10-18(11-7-15)30(34)35)21(24(32)25(29)33)23(31)16-4-8-17(27)9-5-16/h3-13,22,31H,2H2,1H3/t22-/m1/s1. The van der Waals surface area contributed by atoms with E-state index in [0.717, 1.165) is 16.7 Å². The monoisotopic (exact) mass is 519 g/mol. The molecular formula is C26H18ClN3O5S. The molecule has 36 heavy (non-hydrogen) atoms. The molecule has 0 saturated carbocycles. The first-order chi connectivity index (χ1) is 17.3. The maximum atomic E-state index is 13.3. The average molecular weight is 520 g/mol. The van der Waals surface area contributed by atoms with Gasteiger partial charge in [-0.05, 0) is 66.1 Å². The van der Waals surface area contributed by atoms with Crippen molar-refractivity contribution in [3.05, 3.63) is 104 Å². The molecular weight excluding hydrogens is 502 g/mol. The van der Waals surface area contributed by atoms with Gasteiger partial charge in [0.15, 0.2) is 5.13 Å². The molecule has 0 aliphatic carbocycles. The zero-order valence-corrected chi connectivity index (χ0v) is 20.4. The van der Waals surface area contributed by atoms with Gasteiger partial charge in [0, 0.05) is 22.7 Å². The average Bonchev–Trinajstić information content (AvgIpc) is 3.41. The van der Waals surface area contributed by atoms with E-state index in [1.54, 1.807) is 24.3 Å². The molecule has 180 valence electrons. The number of rotatable bonds is 5. The van der Waals surface area contributed by atoms with Crippen molar-refractivity contribution in [2.24, 2.45) is 0 Å². The number of hydrogen-bond donors (Lipinski definition) is 1. The SMILES string of the molecule is CCc1ccc2nc(N3C(=O)C(=O)C(=C(O)c4ccc(Cl)cc4)[C@H]3c3ccc([N+](=O)[O-])cc3)sc2c1. The van der Waals surface area contributed by atoms with Crippen LogP contribution in [0.2, 0.25) is 5.02 Å². The van der Waals surface area contributed by atoms with Gasteiger partial charge in [-0.3, -0.25) is 24.6 Å². The number of hydrogen-bond acceptors (Lipinski definition) is 7. The summed E-state index contributed by atoms with van der Waals surface area (Å²) in [6.45, 7) is 2.03. The van der Waals surface area contributed by atoms with Gasteiger partial charge in [0.25, 0.3) is 11.5 Å². The molecule has 1 fully saturated rings. The summed E-state index contributed by atoms with van der Waals surface area (Å²) >= 11 is 7.23. The minimum absolute atomic E-state index is 0.135. The van der Waals surface area contributed by atoms with E-state index in [-0.39, 0.29) is 17.0 Å². The number of thiazole rings is 1. The van der Waals surface area contributed by atoms with Crippen molar-refractivity contribution in [3.8, 4) is 0 Å². The van der Waals surface area contributed by atoms with Gasteiger partial charge in [-0.25, -0.2) is 4.98 Å². The first-order valence-corrected chi connectivity index (χ1v) is 12.2. The molecule has 1 aliphatic rings. The van der Waals surface area contributed by atoms with Gasteiger partial charge in [0.2, 0.25) is 0 Å². The minimum atomic E-state index is -1.03. The lowest BCUT2D eigenvalue weighted by Gasteiger charge is -2.22. The second-order valence-corrected chi connectivity index (χ2v) is 9.62. The van der Waals surface area contributed by atoms with E-state index in [0.29, 0.717) is 26.8 Å². The van der Waals surface area contributed by atoms with Crippen LogP contribution in [0.15, 0.2) is 72.3 Å². The fraction of sp³-hybridized carbons (Fsp3) is 0.115. The van der Waals surface area contributed by atoms with Crippen molar-refractivity contribution in [1.29, 1.82) is 0 Å². The number of halogens is 1. The van der Waals surface area contributed by atoms with E-state index in [1.165, 1.54) is 40.5 Å². The predicted molar refractivity (Wildman–Crippen MR) is 138 cm³/mol. The largest absolute Gasteiger partial charge is 0.507 e. The summed E-state index contributed by atoms with van der Waals surface area (Å²) in [6, 6.07) is 16.5. The number of carbonyl (C=O) groups excluding carboxylic acids is 2. The smallest absolute Gasteiger partial charge is 0.301 e. The lowest BCUT2D eigenvalue weighted by molar-refractivity contribution is -0.384. The van der Waals surface area contributed by atoms with Crippen LogP contribution in [0.4, 0.5) is 10.8 Å². The molecule has 10 heteroatoms. The van der Waals surface area contributed by atoms with Gasteiger partial charge in [-0.1, -0.05) is 35.9 Å². The highest BCUT2D eigenvalue weighted by Crippen LogP contribution is 2.44. The number of nitrogens with zero attached hydrogens (tertiary/aromatic N) is 3. The molecule has 1 amide bonds. The van der Waals surface area contributed by atoms with E-state index in [9.17, 15) is 24.8 Å². The number of nitro groups is 1. The van der Waals surface area contributed by atoms with Crippen molar-refractivity contribution < 1.29 is 19.6 Å². The second-order valence-electron chi connectivity index (χ2n) is 8.18. The normalized spacial score (nSPS) is 17.2. The van der Waals surface area contributed by atoms with Gasteiger partial charge >= 0.3 is 5.91 Å². The molecule has 5 rings (SSSR count). The Morgan fingerprint density at radius 3 is 2.44 bits per heavy atom. The highest BCUT2D eigenvalue weighted by atomic mass is 35.5. The van der Waals surface area contributed by atoms with Crippen LogP contribution in [0, 0.1) is 10.1 Å².